The Morgan fingerprint density at radius 1 is 1.23 bits per heavy atom. The number of nitrogens with zero attached hydrogens (tertiary/aromatic N) is 2. The van der Waals surface area contributed by atoms with Crippen molar-refractivity contribution in [3.8, 4) is 11.3 Å². The van der Waals surface area contributed by atoms with Crippen molar-refractivity contribution in [1.82, 2.24) is 9.38 Å². The van der Waals surface area contributed by atoms with Gasteiger partial charge in [0.15, 0.2) is 0 Å². The third kappa shape index (κ3) is 2.71. The number of carbonyl (C=O) groups is 1. The van der Waals surface area contributed by atoms with Gasteiger partial charge in [-0.2, -0.15) is 0 Å². The maximum absolute atomic E-state index is 13.1. The van der Waals surface area contributed by atoms with Crippen molar-refractivity contribution in [2.75, 3.05) is 0 Å². The number of hydrogen-bond acceptors (Lipinski definition) is 2. The second-order valence-electron chi connectivity index (χ2n) is 4.66. The van der Waals surface area contributed by atoms with Gasteiger partial charge >= 0.3 is 0 Å². The Balaban J connectivity index is 2.26. The van der Waals surface area contributed by atoms with Gasteiger partial charge in [-0.05, 0) is 42.5 Å². The number of primary amides is 1. The molecule has 110 valence electrons. The Morgan fingerprint density at radius 2 is 1.95 bits per heavy atom. The fraction of sp³-hybridized carbons (Fsp3) is 0. The summed E-state index contributed by atoms with van der Waals surface area (Å²) in [4.78, 5) is 15.5. The first-order valence-electron chi connectivity index (χ1n) is 6.45. The first-order valence-corrected chi connectivity index (χ1v) is 6.83. The van der Waals surface area contributed by atoms with E-state index in [1.807, 2.05) is 0 Å². The summed E-state index contributed by atoms with van der Waals surface area (Å²) in [5.74, 6) is -0.896. The molecule has 0 bridgehead atoms. The van der Waals surface area contributed by atoms with Crippen LogP contribution in [0.25, 0.3) is 23.0 Å². The van der Waals surface area contributed by atoms with Gasteiger partial charge in [-0.25, -0.2) is 9.37 Å². The fourth-order valence-corrected chi connectivity index (χ4v) is 2.34. The van der Waals surface area contributed by atoms with Gasteiger partial charge in [-0.15, -0.1) is 0 Å². The van der Waals surface area contributed by atoms with E-state index < -0.39 is 5.91 Å². The number of benzene rings is 1. The molecule has 0 saturated heterocycles. The molecular formula is C16H11ClFN3O. The molecule has 2 aromatic heterocycles. The van der Waals surface area contributed by atoms with Crippen LogP contribution in [-0.2, 0) is 4.79 Å². The van der Waals surface area contributed by atoms with Gasteiger partial charge in [0, 0.05) is 17.8 Å². The molecule has 0 aliphatic carbocycles. The van der Waals surface area contributed by atoms with Gasteiger partial charge in [0.1, 0.15) is 11.5 Å². The third-order valence-corrected chi connectivity index (χ3v) is 3.37. The van der Waals surface area contributed by atoms with Crippen molar-refractivity contribution < 1.29 is 9.18 Å². The van der Waals surface area contributed by atoms with Crippen molar-refractivity contribution in [2.24, 2.45) is 5.73 Å². The molecule has 3 rings (SSSR count). The van der Waals surface area contributed by atoms with Crippen LogP contribution in [0.1, 0.15) is 5.69 Å². The minimum atomic E-state index is -0.568. The molecule has 0 aliphatic heterocycles. The van der Waals surface area contributed by atoms with Crippen molar-refractivity contribution >= 4 is 29.2 Å². The molecule has 2 heterocycles. The number of amides is 1. The molecule has 0 radical (unpaired) electrons. The molecular weight excluding hydrogens is 305 g/mol. The number of nitrogens with two attached hydrogens (primary N) is 1. The maximum Gasteiger partial charge on any atom is 0.241 e. The summed E-state index contributed by atoms with van der Waals surface area (Å²) in [5.41, 5.74) is 7.80. The monoisotopic (exact) mass is 315 g/mol. The molecule has 0 unspecified atom stereocenters. The molecule has 1 amide bonds. The summed E-state index contributed by atoms with van der Waals surface area (Å²) < 4.78 is 14.8. The Labute approximate surface area is 130 Å². The van der Waals surface area contributed by atoms with E-state index in [1.165, 1.54) is 18.2 Å². The Bertz CT molecular complexity index is 884. The molecule has 0 atom stereocenters. The molecule has 4 nitrogen and oxygen atoms in total. The van der Waals surface area contributed by atoms with E-state index in [4.69, 9.17) is 17.3 Å². The second-order valence-corrected chi connectivity index (χ2v) is 5.10. The smallest absolute Gasteiger partial charge is 0.241 e. The lowest BCUT2D eigenvalue weighted by molar-refractivity contribution is -0.113. The van der Waals surface area contributed by atoms with Gasteiger partial charge in [0.05, 0.1) is 16.4 Å². The lowest BCUT2D eigenvalue weighted by atomic mass is 10.1. The van der Waals surface area contributed by atoms with Crippen LogP contribution in [0.4, 0.5) is 4.39 Å². The van der Waals surface area contributed by atoms with E-state index >= 15 is 0 Å². The minimum absolute atomic E-state index is 0.329. The van der Waals surface area contributed by atoms with Gasteiger partial charge in [0.2, 0.25) is 5.91 Å². The van der Waals surface area contributed by atoms with Crippen molar-refractivity contribution in [3.63, 3.8) is 0 Å². The topological polar surface area (TPSA) is 60.4 Å². The SMILES string of the molecule is NC(=O)/C=C\c1c(-c2ccc(F)cc2)nc2ccc(Cl)cn12. The Hall–Kier alpha value is -2.66. The van der Waals surface area contributed by atoms with Crippen molar-refractivity contribution in [1.29, 1.82) is 0 Å². The number of hydrogen-bond donors (Lipinski definition) is 1. The summed E-state index contributed by atoms with van der Waals surface area (Å²) in [5, 5.41) is 0.532. The Kier molecular flexibility index (Phi) is 3.65. The zero-order valence-electron chi connectivity index (χ0n) is 11.3. The van der Waals surface area contributed by atoms with Crippen molar-refractivity contribution in [3.05, 3.63) is 65.2 Å². The first-order chi connectivity index (χ1) is 10.5. The number of imidazole rings is 1. The third-order valence-electron chi connectivity index (χ3n) is 3.14. The van der Waals surface area contributed by atoms with Crippen LogP contribution >= 0.6 is 11.6 Å². The summed E-state index contributed by atoms with van der Waals surface area (Å²) in [6.45, 7) is 0. The largest absolute Gasteiger partial charge is 0.366 e. The highest BCUT2D eigenvalue weighted by atomic mass is 35.5. The number of pyridine rings is 1. The highest BCUT2D eigenvalue weighted by molar-refractivity contribution is 6.30. The molecule has 2 N–H and O–H groups in total. The predicted molar refractivity (Wildman–Crippen MR) is 83.8 cm³/mol. The average molecular weight is 316 g/mol. The summed E-state index contributed by atoms with van der Waals surface area (Å²) in [6.07, 6.45) is 4.51. The second kappa shape index (κ2) is 5.61. The van der Waals surface area contributed by atoms with E-state index in [0.717, 1.165) is 5.56 Å². The van der Waals surface area contributed by atoms with E-state index in [0.29, 0.717) is 22.1 Å². The molecule has 6 heteroatoms. The number of aromatic nitrogens is 2. The zero-order chi connectivity index (χ0) is 15.7. The zero-order valence-corrected chi connectivity index (χ0v) is 12.1. The van der Waals surface area contributed by atoms with Gasteiger partial charge in [-0.3, -0.25) is 9.20 Å². The normalized spacial score (nSPS) is 11.4. The lowest BCUT2D eigenvalue weighted by Crippen LogP contribution is -2.05. The number of halogens is 2. The lowest BCUT2D eigenvalue weighted by Gasteiger charge is -2.01. The Morgan fingerprint density at radius 3 is 2.64 bits per heavy atom. The van der Waals surface area contributed by atoms with E-state index in [2.05, 4.69) is 4.98 Å². The van der Waals surface area contributed by atoms with Crippen LogP contribution in [0.3, 0.4) is 0 Å². The molecule has 0 fully saturated rings. The van der Waals surface area contributed by atoms with Gasteiger partial charge < -0.3 is 5.73 Å². The van der Waals surface area contributed by atoms with Crippen LogP contribution in [0.2, 0.25) is 5.02 Å². The predicted octanol–water partition coefficient (Wildman–Crippen LogP) is 3.29. The molecule has 0 aliphatic rings. The van der Waals surface area contributed by atoms with E-state index in [1.54, 1.807) is 40.9 Å². The van der Waals surface area contributed by atoms with Crippen molar-refractivity contribution in [2.45, 2.75) is 0 Å². The summed E-state index contributed by atoms with van der Waals surface area (Å²) >= 11 is 6.02. The van der Waals surface area contributed by atoms with E-state index in [-0.39, 0.29) is 5.82 Å². The first kappa shape index (κ1) is 14.3. The molecule has 0 saturated carbocycles. The van der Waals surface area contributed by atoms with Crippen LogP contribution in [0.15, 0.2) is 48.7 Å². The van der Waals surface area contributed by atoms with Crippen LogP contribution in [0, 0.1) is 5.82 Å². The fourth-order valence-electron chi connectivity index (χ4n) is 2.18. The highest BCUT2D eigenvalue weighted by Gasteiger charge is 2.12. The minimum Gasteiger partial charge on any atom is -0.366 e. The van der Waals surface area contributed by atoms with Crippen LogP contribution < -0.4 is 5.73 Å². The number of rotatable bonds is 3. The van der Waals surface area contributed by atoms with Gasteiger partial charge in [-0.1, -0.05) is 11.6 Å². The quantitative estimate of drug-likeness (QED) is 0.754. The average Bonchev–Trinajstić information content (AvgIpc) is 2.83. The van der Waals surface area contributed by atoms with Crippen LogP contribution in [-0.4, -0.2) is 15.3 Å². The highest BCUT2D eigenvalue weighted by Crippen LogP contribution is 2.27. The standard InChI is InChI=1S/C16H11ClFN3O/c17-11-3-8-15-20-16(10-1-4-12(18)5-2-10)13(21(15)9-11)6-7-14(19)22/h1-9H,(H2,19,22)/b7-6-. The maximum atomic E-state index is 13.1. The molecule has 0 spiro atoms. The number of fused-ring (bicyclic) bond motifs is 1. The van der Waals surface area contributed by atoms with E-state index in [9.17, 15) is 9.18 Å². The molecule has 3 aromatic rings. The van der Waals surface area contributed by atoms with Crippen LogP contribution in [0.5, 0.6) is 0 Å². The summed E-state index contributed by atoms with van der Waals surface area (Å²) in [6, 6.07) is 9.44. The number of carbonyl (C=O) groups excluding carboxylic acids is 1. The van der Waals surface area contributed by atoms with Gasteiger partial charge in [0.25, 0.3) is 0 Å². The molecule has 22 heavy (non-hydrogen) atoms. The molecule has 1 aromatic carbocycles. The summed E-state index contributed by atoms with van der Waals surface area (Å²) in [7, 11) is 0.